The molecule has 0 aliphatic heterocycles. The summed E-state index contributed by atoms with van der Waals surface area (Å²) >= 11 is 0. The molecule has 0 saturated carbocycles. The Morgan fingerprint density at radius 2 is 1.54 bits per heavy atom. The van der Waals surface area contributed by atoms with Crippen LogP contribution in [0.4, 0.5) is 0 Å². The zero-order valence-corrected chi connectivity index (χ0v) is 15.5. The van der Waals surface area contributed by atoms with E-state index in [4.69, 9.17) is 5.14 Å². The van der Waals surface area contributed by atoms with Gasteiger partial charge in [0.05, 0.1) is 9.79 Å². The first kappa shape index (κ1) is 18.6. The molecule has 0 radical (unpaired) electrons. The zero-order chi connectivity index (χ0) is 18.8. The number of aryl methyl sites for hydroxylation is 1. The van der Waals surface area contributed by atoms with E-state index in [-0.39, 0.29) is 16.3 Å². The highest BCUT2D eigenvalue weighted by Crippen LogP contribution is 2.16. The summed E-state index contributed by atoms with van der Waals surface area (Å²) in [6.07, 6.45) is 2.60. The third-order valence-corrected chi connectivity index (χ3v) is 6.42. The van der Waals surface area contributed by atoms with Crippen molar-refractivity contribution in [1.82, 2.24) is 9.29 Å². The second-order valence-corrected chi connectivity index (χ2v) is 9.16. The first-order valence-corrected chi connectivity index (χ1v) is 11.0. The largest absolute Gasteiger partial charge is 0.347 e. The number of fused-ring (bicyclic) bond motifs is 1. The van der Waals surface area contributed by atoms with Gasteiger partial charge in [-0.25, -0.2) is 26.7 Å². The van der Waals surface area contributed by atoms with Gasteiger partial charge in [0.2, 0.25) is 20.0 Å². The summed E-state index contributed by atoms with van der Waals surface area (Å²) in [7, 11) is -7.55. The molecule has 2 aromatic carbocycles. The number of sulfonamides is 2. The van der Waals surface area contributed by atoms with Crippen LogP contribution < -0.4 is 9.86 Å². The van der Waals surface area contributed by atoms with E-state index < -0.39 is 20.0 Å². The van der Waals surface area contributed by atoms with Gasteiger partial charge in [-0.3, -0.25) is 0 Å². The number of primary sulfonamides is 1. The molecule has 7 nitrogen and oxygen atoms in total. The van der Waals surface area contributed by atoms with Gasteiger partial charge in [-0.2, -0.15) is 0 Å². The van der Waals surface area contributed by atoms with Gasteiger partial charge in [-0.05, 0) is 48.2 Å². The average molecular weight is 393 g/mol. The maximum atomic E-state index is 12.3. The number of aromatic nitrogens is 1. The van der Waals surface area contributed by atoms with Crippen molar-refractivity contribution in [1.29, 1.82) is 0 Å². The van der Waals surface area contributed by atoms with E-state index in [0.29, 0.717) is 13.0 Å². The molecule has 3 rings (SSSR count). The van der Waals surface area contributed by atoms with Crippen LogP contribution >= 0.6 is 0 Å². The fourth-order valence-electron chi connectivity index (χ4n) is 2.68. The molecular formula is C17H19N3O4S2. The highest BCUT2D eigenvalue weighted by Gasteiger charge is 2.15. The molecule has 0 amide bonds. The van der Waals surface area contributed by atoms with Crippen LogP contribution in [0, 0.1) is 0 Å². The molecule has 0 atom stereocenters. The molecular weight excluding hydrogens is 374 g/mol. The number of para-hydroxylation sites is 1. The molecule has 1 aromatic heterocycles. The maximum Gasteiger partial charge on any atom is 0.240 e. The summed E-state index contributed by atoms with van der Waals surface area (Å²) < 4.78 is 51.6. The average Bonchev–Trinajstić information content (AvgIpc) is 3.01. The topological polar surface area (TPSA) is 111 Å². The summed E-state index contributed by atoms with van der Waals surface area (Å²) in [5, 5.41) is 6.15. The van der Waals surface area contributed by atoms with Crippen LogP contribution in [0.25, 0.3) is 10.9 Å². The van der Waals surface area contributed by atoms with Crippen molar-refractivity contribution in [2.75, 3.05) is 6.54 Å². The summed E-state index contributed by atoms with van der Waals surface area (Å²) in [5.41, 5.74) is 1.11. The highest BCUT2D eigenvalue weighted by atomic mass is 32.2. The Bertz CT molecular complexity index is 1120. The minimum atomic E-state index is -3.85. The minimum Gasteiger partial charge on any atom is -0.347 e. The quantitative estimate of drug-likeness (QED) is 0.595. The lowest BCUT2D eigenvalue weighted by atomic mass is 10.2. The van der Waals surface area contributed by atoms with Crippen molar-refractivity contribution in [3.63, 3.8) is 0 Å². The Morgan fingerprint density at radius 1 is 0.885 bits per heavy atom. The van der Waals surface area contributed by atoms with E-state index in [1.165, 1.54) is 24.3 Å². The lowest BCUT2D eigenvalue weighted by molar-refractivity contribution is 0.571. The molecule has 138 valence electrons. The van der Waals surface area contributed by atoms with E-state index in [1.54, 1.807) is 0 Å². The lowest BCUT2D eigenvalue weighted by Gasteiger charge is -2.09. The van der Waals surface area contributed by atoms with Crippen molar-refractivity contribution in [3.05, 3.63) is 60.8 Å². The van der Waals surface area contributed by atoms with Gasteiger partial charge >= 0.3 is 0 Å². The molecule has 0 spiro atoms. The summed E-state index contributed by atoms with van der Waals surface area (Å²) in [6.45, 7) is 0.951. The van der Waals surface area contributed by atoms with Gasteiger partial charge in [0.15, 0.2) is 0 Å². The van der Waals surface area contributed by atoms with Crippen molar-refractivity contribution in [2.45, 2.75) is 22.8 Å². The number of nitrogens with two attached hydrogens (primary N) is 1. The molecule has 0 aliphatic carbocycles. The summed E-state index contributed by atoms with van der Waals surface area (Å²) in [5.74, 6) is 0. The highest BCUT2D eigenvalue weighted by molar-refractivity contribution is 7.89. The lowest BCUT2D eigenvalue weighted by Crippen LogP contribution is -2.25. The second-order valence-electron chi connectivity index (χ2n) is 5.84. The Labute approximate surface area is 152 Å². The number of hydrogen-bond acceptors (Lipinski definition) is 4. The zero-order valence-electron chi connectivity index (χ0n) is 13.9. The number of nitrogens with zero attached hydrogens (tertiary/aromatic N) is 1. The van der Waals surface area contributed by atoms with Crippen molar-refractivity contribution >= 4 is 30.9 Å². The van der Waals surface area contributed by atoms with Crippen LogP contribution in [-0.4, -0.2) is 27.9 Å². The first-order valence-electron chi connectivity index (χ1n) is 7.94. The van der Waals surface area contributed by atoms with E-state index in [0.717, 1.165) is 10.9 Å². The molecule has 26 heavy (non-hydrogen) atoms. The Hall–Kier alpha value is -2.20. The molecule has 3 aromatic rings. The van der Waals surface area contributed by atoms with Crippen LogP contribution in [0.5, 0.6) is 0 Å². The third-order valence-electron chi connectivity index (χ3n) is 4.01. The van der Waals surface area contributed by atoms with Crippen LogP contribution in [0.15, 0.2) is 70.6 Å². The molecule has 3 N–H and O–H groups in total. The van der Waals surface area contributed by atoms with Gasteiger partial charge in [0, 0.05) is 24.8 Å². The number of nitrogens with one attached hydrogen (secondary N) is 1. The molecule has 0 saturated heterocycles. The molecule has 0 fully saturated rings. The Morgan fingerprint density at radius 3 is 2.23 bits per heavy atom. The Balaban J connectivity index is 1.60. The van der Waals surface area contributed by atoms with Gasteiger partial charge < -0.3 is 4.57 Å². The van der Waals surface area contributed by atoms with E-state index in [2.05, 4.69) is 9.29 Å². The van der Waals surface area contributed by atoms with Crippen LogP contribution in [0.3, 0.4) is 0 Å². The normalized spacial score (nSPS) is 12.5. The third kappa shape index (κ3) is 4.13. The predicted octanol–water partition coefficient (Wildman–Crippen LogP) is 1.66. The Kier molecular flexibility index (Phi) is 5.15. The molecule has 9 heteroatoms. The monoisotopic (exact) mass is 393 g/mol. The van der Waals surface area contributed by atoms with E-state index in [9.17, 15) is 16.8 Å². The SMILES string of the molecule is NS(=O)(=O)c1ccc(S(=O)(=O)NCCCn2ccc3ccccc32)cc1. The maximum absolute atomic E-state index is 12.3. The van der Waals surface area contributed by atoms with Crippen LogP contribution in [0.2, 0.25) is 0 Å². The predicted molar refractivity (Wildman–Crippen MR) is 99.6 cm³/mol. The van der Waals surface area contributed by atoms with Gasteiger partial charge in [0.1, 0.15) is 0 Å². The minimum absolute atomic E-state index is 0.00341. The number of benzene rings is 2. The van der Waals surface area contributed by atoms with Crippen LogP contribution in [-0.2, 0) is 26.6 Å². The van der Waals surface area contributed by atoms with Gasteiger partial charge in [-0.15, -0.1) is 0 Å². The molecule has 0 unspecified atom stereocenters. The summed E-state index contributed by atoms with van der Waals surface area (Å²) in [4.78, 5) is -0.132. The van der Waals surface area contributed by atoms with Crippen molar-refractivity contribution < 1.29 is 16.8 Å². The molecule has 1 heterocycles. The number of hydrogen-bond donors (Lipinski definition) is 2. The molecule has 0 aliphatic rings. The van der Waals surface area contributed by atoms with Crippen LogP contribution in [0.1, 0.15) is 6.42 Å². The summed E-state index contributed by atoms with van der Waals surface area (Å²) in [6, 6.07) is 14.8. The standard InChI is InChI=1S/C17H19N3O4S2/c18-25(21,22)15-6-8-16(9-7-15)26(23,24)19-11-3-12-20-13-10-14-4-1-2-5-17(14)20/h1-2,4-10,13,19H,3,11-12H2,(H2,18,21,22). The van der Waals surface area contributed by atoms with Gasteiger partial charge in [-0.1, -0.05) is 18.2 Å². The van der Waals surface area contributed by atoms with E-state index >= 15 is 0 Å². The van der Waals surface area contributed by atoms with Crippen molar-refractivity contribution in [3.8, 4) is 0 Å². The smallest absolute Gasteiger partial charge is 0.240 e. The fraction of sp³-hybridized carbons (Fsp3) is 0.176. The molecule has 0 bridgehead atoms. The second kappa shape index (κ2) is 7.20. The van der Waals surface area contributed by atoms with Crippen molar-refractivity contribution in [2.24, 2.45) is 5.14 Å². The number of rotatable bonds is 7. The van der Waals surface area contributed by atoms with Gasteiger partial charge in [0.25, 0.3) is 0 Å². The van der Waals surface area contributed by atoms with E-state index in [1.807, 2.05) is 36.5 Å². The first-order chi connectivity index (χ1) is 12.3. The fourth-order valence-corrected chi connectivity index (χ4v) is 4.27.